The van der Waals surface area contributed by atoms with Crippen molar-refractivity contribution in [2.24, 2.45) is 0 Å². The van der Waals surface area contributed by atoms with Crippen molar-refractivity contribution in [2.75, 3.05) is 5.32 Å². The molecule has 0 aliphatic heterocycles. The standard InChI is InChI=1S/C16H17NO3S/c1-10-6-7-11(2)13(9-10)17-15(18)12(3)20-16(19)14-5-4-8-21-14/h4-9,12H,1-3H3,(H,17,18)/t12-/m0/s1. The van der Waals surface area contributed by atoms with Gasteiger partial charge in [-0.25, -0.2) is 4.79 Å². The zero-order chi connectivity index (χ0) is 15.4. The highest BCUT2D eigenvalue weighted by atomic mass is 32.1. The molecule has 0 aliphatic rings. The minimum Gasteiger partial charge on any atom is -0.448 e. The average molecular weight is 303 g/mol. The number of aryl methyl sites for hydroxylation is 2. The summed E-state index contributed by atoms with van der Waals surface area (Å²) in [5, 5.41) is 4.58. The number of esters is 1. The molecule has 2 rings (SSSR count). The van der Waals surface area contributed by atoms with Crippen LogP contribution in [0.25, 0.3) is 0 Å². The Hall–Kier alpha value is -2.14. The smallest absolute Gasteiger partial charge is 0.349 e. The summed E-state index contributed by atoms with van der Waals surface area (Å²) in [6, 6.07) is 9.24. The lowest BCUT2D eigenvalue weighted by molar-refractivity contribution is -0.123. The molecule has 1 heterocycles. The molecule has 21 heavy (non-hydrogen) atoms. The third-order valence-corrected chi connectivity index (χ3v) is 3.88. The van der Waals surface area contributed by atoms with E-state index in [0.29, 0.717) is 4.88 Å². The van der Waals surface area contributed by atoms with Crippen LogP contribution in [0.5, 0.6) is 0 Å². The minimum absolute atomic E-state index is 0.339. The predicted octanol–water partition coefficient (Wildman–Crippen LogP) is 3.55. The second-order valence-electron chi connectivity index (χ2n) is 4.83. The van der Waals surface area contributed by atoms with Gasteiger partial charge in [-0.15, -0.1) is 11.3 Å². The van der Waals surface area contributed by atoms with E-state index in [1.165, 1.54) is 11.3 Å². The quantitative estimate of drug-likeness (QED) is 0.879. The lowest BCUT2D eigenvalue weighted by atomic mass is 10.1. The van der Waals surface area contributed by atoms with Gasteiger partial charge in [0.15, 0.2) is 6.10 Å². The summed E-state index contributed by atoms with van der Waals surface area (Å²) in [5.74, 6) is -0.817. The summed E-state index contributed by atoms with van der Waals surface area (Å²) in [7, 11) is 0. The van der Waals surface area contributed by atoms with Crippen LogP contribution in [0.1, 0.15) is 27.7 Å². The molecule has 1 amide bonds. The highest BCUT2D eigenvalue weighted by Gasteiger charge is 2.20. The summed E-state index contributed by atoms with van der Waals surface area (Å²) >= 11 is 1.29. The van der Waals surface area contributed by atoms with Crippen molar-refractivity contribution < 1.29 is 14.3 Å². The van der Waals surface area contributed by atoms with Gasteiger partial charge >= 0.3 is 5.97 Å². The maximum atomic E-state index is 12.1. The summed E-state index contributed by atoms with van der Waals surface area (Å²) in [6.07, 6.45) is -0.848. The van der Waals surface area contributed by atoms with Crippen LogP contribution >= 0.6 is 11.3 Å². The number of amides is 1. The lowest BCUT2D eigenvalue weighted by Crippen LogP contribution is -2.30. The van der Waals surface area contributed by atoms with Crippen LogP contribution < -0.4 is 5.32 Å². The first-order valence-electron chi connectivity index (χ1n) is 6.60. The third kappa shape index (κ3) is 3.92. The Morgan fingerprint density at radius 2 is 2.00 bits per heavy atom. The number of ether oxygens (including phenoxy) is 1. The van der Waals surface area contributed by atoms with Gasteiger partial charge in [-0.3, -0.25) is 4.79 Å². The van der Waals surface area contributed by atoms with Gasteiger partial charge in [0.05, 0.1) is 0 Å². The SMILES string of the molecule is Cc1ccc(C)c(NC(=O)[C@H](C)OC(=O)c2cccs2)c1. The lowest BCUT2D eigenvalue weighted by Gasteiger charge is -2.14. The molecule has 1 atom stereocenters. The van der Waals surface area contributed by atoms with Crippen LogP contribution in [-0.2, 0) is 9.53 Å². The first kappa shape index (κ1) is 15.3. The number of hydrogen-bond acceptors (Lipinski definition) is 4. The highest BCUT2D eigenvalue weighted by Crippen LogP contribution is 2.17. The van der Waals surface area contributed by atoms with E-state index in [2.05, 4.69) is 5.32 Å². The van der Waals surface area contributed by atoms with E-state index in [-0.39, 0.29) is 5.91 Å². The number of nitrogens with one attached hydrogen (secondary N) is 1. The molecule has 1 N–H and O–H groups in total. The summed E-state index contributed by atoms with van der Waals surface area (Å²) in [6.45, 7) is 5.43. The second kappa shape index (κ2) is 6.54. The molecule has 0 unspecified atom stereocenters. The van der Waals surface area contributed by atoms with Crippen LogP contribution in [0.2, 0.25) is 0 Å². The zero-order valence-corrected chi connectivity index (χ0v) is 13.0. The van der Waals surface area contributed by atoms with Crippen LogP contribution in [-0.4, -0.2) is 18.0 Å². The Morgan fingerprint density at radius 3 is 2.67 bits per heavy atom. The van der Waals surface area contributed by atoms with Gasteiger partial charge in [-0.05, 0) is 49.4 Å². The molecule has 0 radical (unpaired) electrons. The monoisotopic (exact) mass is 303 g/mol. The molecule has 2 aromatic rings. The Kier molecular flexibility index (Phi) is 4.75. The Morgan fingerprint density at radius 1 is 1.24 bits per heavy atom. The van der Waals surface area contributed by atoms with Crippen molar-refractivity contribution in [3.05, 3.63) is 51.7 Å². The van der Waals surface area contributed by atoms with E-state index >= 15 is 0 Å². The topological polar surface area (TPSA) is 55.4 Å². The normalized spacial score (nSPS) is 11.8. The third-order valence-electron chi connectivity index (χ3n) is 3.03. The van der Waals surface area contributed by atoms with Gasteiger partial charge in [0.25, 0.3) is 5.91 Å². The van der Waals surface area contributed by atoms with Gasteiger partial charge in [0, 0.05) is 5.69 Å². The largest absolute Gasteiger partial charge is 0.448 e. The number of hydrogen-bond donors (Lipinski definition) is 1. The van der Waals surface area contributed by atoms with Gasteiger partial charge in [-0.2, -0.15) is 0 Å². The van der Waals surface area contributed by atoms with Crippen molar-refractivity contribution in [3.8, 4) is 0 Å². The number of benzene rings is 1. The number of carbonyl (C=O) groups is 2. The molecule has 0 aliphatic carbocycles. The van der Waals surface area contributed by atoms with Crippen molar-refractivity contribution in [1.82, 2.24) is 0 Å². The van der Waals surface area contributed by atoms with E-state index in [4.69, 9.17) is 4.74 Å². The van der Waals surface area contributed by atoms with Crippen molar-refractivity contribution in [1.29, 1.82) is 0 Å². The summed E-state index contributed by atoms with van der Waals surface area (Å²) in [4.78, 5) is 24.4. The fourth-order valence-electron chi connectivity index (χ4n) is 1.77. The van der Waals surface area contributed by atoms with Gasteiger partial charge in [0.1, 0.15) is 4.88 Å². The fraction of sp³-hybridized carbons (Fsp3) is 0.250. The Bertz CT molecular complexity index is 650. The maximum absolute atomic E-state index is 12.1. The van der Waals surface area contributed by atoms with Crippen LogP contribution in [0.15, 0.2) is 35.7 Å². The molecule has 0 saturated heterocycles. The fourth-order valence-corrected chi connectivity index (χ4v) is 2.38. The first-order valence-corrected chi connectivity index (χ1v) is 7.48. The zero-order valence-electron chi connectivity index (χ0n) is 12.2. The van der Waals surface area contributed by atoms with E-state index < -0.39 is 12.1 Å². The molecule has 0 bridgehead atoms. The van der Waals surface area contributed by atoms with Crippen LogP contribution in [0.3, 0.4) is 0 Å². The molecule has 0 spiro atoms. The Balaban J connectivity index is 1.99. The number of carbonyl (C=O) groups excluding carboxylic acids is 2. The van der Waals surface area contributed by atoms with Crippen molar-refractivity contribution >= 4 is 28.9 Å². The van der Waals surface area contributed by atoms with Crippen molar-refractivity contribution in [2.45, 2.75) is 26.9 Å². The average Bonchev–Trinajstić information content (AvgIpc) is 2.97. The summed E-state index contributed by atoms with van der Waals surface area (Å²) < 4.78 is 5.16. The number of anilines is 1. The first-order chi connectivity index (χ1) is 9.97. The maximum Gasteiger partial charge on any atom is 0.349 e. The molecule has 1 aromatic heterocycles. The molecule has 0 fully saturated rings. The minimum atomic E-state index is -0.848. The van der Waals surface area contributed by atoms with Gasteiger partial charge < -0.3 is 10.1 Å². The Labute approximate surface area is 127 Å². The van der Waals surface area contributed by atoms with Crippen LogP contribution in [0.4, 0.5) is 5.69 Å². The van der Waals surface area contributed by atoms with E-state index in [1.54, 1.807) is 24.4 Å². The van der Waals surface area contributed by atoms with E-state index in [9.17, 15) is 9.59 Å². The van der Waals surface area contributed by atoms with Crippen LogP contribution in [0, 0.1) is 13.8 Å². The molecule has 5 heteroatoms. The molecular weight excluding hydrogens is 286 g/mol. The van der Waals surface area contributed by atoms with E-state index in [1.807, 2.05) is 32.0 Å². The van der Waals surface area contributed by atoms with E-state index in [0.717, 1.165) is 16.8 Å². The predicted molar refractivity (Wildman–Crippen MR) is 83.7 cm³/mol. The highest BCUT2D eigenvalue weighted by molar-refractivity contribution is 7.11. The summed E-state index contributed by atoms with van der Waals surface area (Å²) in [5.41, 5.74) is 2.75. The number of thiophene rings is 1. The molecule has 1 aromatic carbocycles. The molecule has 0 saturated carbocycles. The molecular formula is C16H17NO3S. The number of rotatable bonds is 4. The molecule has 4 nitrogen and oxygen atoms in total. The van der Waals surface area contributed by atoms with Crippen molar-refractivity contribution in [3.63, 3.8) is 0 Å². The molecule has 110 valence electrons. The van der Waals surface area contributed by atoms with Gasteiger partial charge in [-0.1, -0.05) is 18.2 Å². The van der Waals surface area contributed by atoms with Gasteiger partial charge in [0.2, 0.25) is 0 Å². The second-order valence-corrected chi connectivity index (χ2v) is 5.78.